The molecule has 1 aliphatic heterocycles. The minimum atomic E-state index is -0.510. The molecule has 32 heavy (non-hydrogen) atoms. The molecule has 2 heterocycles. The van der Waals surface area contributed by atoms with Crippen LogP contribution in [0.25, 0.3) is 0 Å². The third-order valence-corrected chi connectivity index (χ3v) is 6.49. The number of halogens is 1. The van der Waals surface area contributed by atoms with Gasteiger partial charge in [-0.15, -0.1) is 11.3 Å². The lowest BCUT2D eigenvalue weighted by Gasteiger charge is -2.40. The summed E-state index contributed by atoms with van der Waals surface area (Å²) in [5, 5.41) is 4.90. The summed E-state index contributed by atoms with van der Waals surface area (Å²) in [6, 6.07) is 7.49. The predicted molar refractivity (Wildman–Crippen MR) is 125 cm³/mol. The van der Waals surface area contributed by atoms with Gasteiger partial charge >= 0.3 is 6.03 Å². The van der Waals surface area contributed by atoms with Crippen LogP contribution >= 0.6 is 11.3 Å². The Hall–Kier alpha value is -2.61. The first kappa shape index (κ1) is 24.0. The van der Waals surface area contributed by atoms with Crippen LogP contribution in [0.2, 0.25) is 0 Å². The highest BCUT2D eigenvalue weighted by Crippen LogP contribution is 2.34. The summed E-state index contributed by atoms with van der Waals surface area (Å²) in [6.45, 7) is 9.06. The zero-order valence-electron chi connectivity index (χ0n) is 19.2. The number of urea groups is 1. The average Bonchev–Trinajstić information content (AvgIpc) is 3.22. The Morgan fingerprint density at radius 2 is 2.09 bits per heavy atom. The smallest absolute Gasteiger partial charge is 0.318 e. The van der Waals surface area contributed by atoms with Crippen LogP contribution in [-0.4, -0.2) is 53.5 Å². The molecular weight excluding hydrogens is 429 g/mol. The van der Waals surface area contributed by atoms with E-state index in [9.17, 15) is 14.0 Å². The van der Waals surface area contributed by atoms with Crippen molar-refractivity contribution in [1.29, 1.82) is 0 Å². The predicted octanol–water partition coefficient (Wildman–Crippen LogP) is 4.61. The zero-order chi connectivity index (χ0) is 23.3. The van der Waals surface area contributed by atoms with Crippen LogP contribution in [0.15, 0.2) is 35.7 Å². The fourth-order valence-electron chi connectivity index (χ4n) is 3.77. The molecule has 3 rings (SSSR count). The zero-order valence-corrected chi connectivity index (χ0v) is 20.0. The van der Waals surface area contributed by atoms with Crippen molar-refractivity contribution >= 4 is 23.3 Å². The molecule has 0 bridgehead atoms. The summed E-state index contributed by atoms with van der Waals surface area (Å²) >= 11 is 1.67. The molecule has 1 unspecified atom stereocenters. The SMILES string of the molecule is CCCNC(=O)N(CC(=O)N1CCc2sccc2C1COc1cccc(F)c1)C(C)(C)C. The van der Waals surface area contributed by atoms with E-state index in [2.05, 4.69) is 5.32 Å². The van der Waals surface area contributed by atoms with Gasteiger partial charge in [-0.05, 0) is 62.8 Å². The molecule has 1 aliphatic rings. The van der Waals surface area contributed by atoms with Crippen molar-refractivity contribution in [1.82, 2.24) is 15.1 Å². The van der Waals surface area contributed by atoms with E-state index in [0.717, 1.165) is 18.4 Å². The highest BCUT2D eigenvalue weighted by molar-refractivity contribution is 7.10. The number of fused-ring (bicyclic) bond motifs is 1. The first-order valence-corrected chi connectivity index (χ1v) is 11.9. The fraction of sp³-hybridized carbons (Fsp3) is 0.500. The Kier molecular flexibility index (Phi) is 7.77. The second-order valence-electron chi connectivity index (χ2n) is 8.91. The lowest BCUT2D eigenvalue weighted by Crippen LogP contribution is -2.55. The summed E-state index contributed by atoms with van der Waals surface area (Å²) in [6.07, 6.45) is 1.59. The normalized spacial score (nSPS) is 15.8. The van der Waals surface area contributed by atoms with E-state index in [4.69, 9.17) is 4.74 Å². The molecular formula is C24H32FN3O3S. The monoisotopic (exact) mass is 461 g/mol. The van der Waals surface area contributed by atoms with Gasteiger partial charge in [0.1, 0.15) is 24.7 Å². The van der Waals surface area contributed by atoms with E-state index in [0.29, 0.717) is 18.8 Å². The van der Waals surface area contributed by atoms with Crippen molar-refractivity contribution in [2.24, 2.45) is 0 Å². The average molecular weight is 462 g/mol. The van der Waals surface area contributed by atoms with Crippen molar-refractivity contribution in [2.45, 2.75) is 52.1 Å². The van der Waals surface area contributed by atoms with Gasteiger partial charge in [-0.2, -0.15) is 0 Å². The lowest BCUT2D eigenvalue weighted by atomic mass is 10.00. The van der Waals surface area contributed by atoms with Gasteiger partial charge in [0.2, 0.25) is 5.91 Å². The minimum Gasteiger partial charge on any atom is -0.491 e. The third-order valence-electron chi connectivity index (χ3n) is 5.49. The molecule has 2 aromatic rings. The molecule has 0 saturated carbocycles. The second-order valence-corrected chi connectivity index (χ2v) is 9.91. The number of carbonyl (C=O) groups is 2. The van der Waals surface area contributed by atoms with Gasteiger partial charge in [0.15, 0.2) is 0 Å². The molecule has 1 N–H and O–H groups in total. The molecule has 0 saturated heterocycles. The first-order chi connectivity index (χ1) is 15.2. The van der Waals surface area contributed by atoms with Crippen LogP contribution in [-0.2, 0) is 11.2 Å². The van der Waals surface area contributed by atoms with Gasteiger partial charge in [0.25, 0.3) is 0 Å². The first-order valence-electron chi connectivity index (χ1n) is 11.0. The Morgan fingerprint density at radius 3 is 2.78 bits per heavy atom. The number of thiophene rings is 1. The van der Waals surface area contributed by atoms with E-state index in [-0.39, 0.29) is 36.9 Å². The summed E-state index contributed by atoms with van der Waals surface area (Å²) in [7, 11) is 0. The molecule has 1 aromatic carbocycles. The van der Waals surface area contributed by atoms with Crippen molar-refractivity contribution in [2.75, 3.05) is 26.2 Å². The summed E-state index contributed by atoms with van der Waals surface area (Å²) in [4.78, 5) is 30.8. The number of benzene rings is 1. The number of carbonyl (C=O) groups excluding carboxylic acids is 2. The number of hydrogen-bond donors (Lipinski definition) is 1. The van der Waals surface area contributed by atoms with Crippen molar-refractivity contribution in [3.05, 3.63) is 52.0 Å². The highest BCUT2D eigenvalue weighted by atomic mass is 32.1. The number of ether oxygens (including phenoxy) is 1. The lowest BCUT2D eigenvalue weighted by molar-refractivity contribution is -0.136. The fourth-order valence-corrected chi connectivity index (χ4v) is 4.70. The molecule has 0 radical (unpaired) electrons. The summed E-state index contributed by atoms with van der Waals surface area (Å²) < 4.78 is 19.4. The van der Waals surface area contributed by atoms with E-state index in [1.54, 1.807) is 33.3 Å². The van der Waals surface area contributed by atoms with E-state index in [1.807, 2.05) is 39.1 Å². The third kappa shape index (κ3) is 5.79. The largest absolute Gasteiger partial charge is 0.491 e. The van der Waals surface area contributed by atoms with Gasteiger partial charge < -0.3 is 19.9 Å². The van der Waals surface area contributed by atoms with Crippen molar-refractivity contribution in [3.8, 4) is 5.75 Å². The molecule has 3 amide bonds. The molecule has 8 heteroatoms. The Balaban J connectivity index is 1.78. The van der Waals surface area contributed by atoms with Crippen LogP contribution in [0, 0.1) is 5.82 Å². The molecule has 0 aliphatic carbocycles. The highest BCUT2D eigenvalue weighted by Gasteiger charge is 2.35. The Labute approximate surface area is 193 Å². The summed E-state index contributed by atoms with van der Waals surface area (Å²) in [5.74, 6) is -0.0690. The van der Waals surface area contributed by atoms with Gasteiger partial charge in [0.05, 0.1) is 6.04 Å². The van der Waals surface area contributed by atoms with Gasteiger partial charge in [-0.1, -0.05) is 13.0 Å². The summed E-state index contributed by atoms with van der Waals surface area (Å²) in [5.41, 5.74) is 0.549. The molecule has 0 spiro atoms. The number of nitrogens with one attached hydrogen (secondary N) is 1. The molecule has 1 aromatic heterocycles. The maximum Gasteiger partial charge on any atom is 0.318 e. The Bertz CT molecular complexity index is 941. The van der Waals surface area contributed by atoms with Crippen molar-refractivity contribution < 1.29 is 18.7 Å². The maximum atomic E-state index is 13.6. The standard InChI is InChI=1S/C24H32FN3O3S/c1-5-11-26-23(30)28(24(2,3)4)15-22(29)27-12-9-21-19(10-13-32-21)20(27)16-31-18-8-6-7-17(25)14-18/h6-8,10,13-14,20H,5,9,11-12,15-16H2,1-4H3,(H,26,30). The Morgan fingerprint density at radius 1 is 1.31 bits per heavy atom. The van der Waals surface area contributed by atoms with Crippen LogP contribution < -0.4 is 10.1 Å². The number of rotatable bonds is 7. The minimum absolute atomic E-state index is 0.0189. The quantitative estimate of drug-likeness (QED) is 0.655. The van der Waals surface area contributed by atoms with Crippen LogP contribution in [0.3, 0.4) is 0 Å². The van der Waals surface area contributed by atoms with Crippen LogP contribution in [0.4, 0.5) is 9.18 Å². The van der Waals surface area contributed by atoms with Gasteiger partial charge in [-0.3, -0.25) is 4.79 Å². The topological polar surface area (TPSA) is 61.9 Å². The molecule has 1 atom stereocenters. The van der Waals surface area contributed by atoms with E-state index in [1.165, 1.54) is 17.0 Å². The second kappa shape index (κ2) is 10.3. The van der Waals surface area contributed by atoms with Gasteiger partial charge in [-0.25, -0.2) is 9.18 Å². The van der Waals surface area contributed by atoms with Crippen molar-refractivity contribution in [3.63, 3.8) is 0 Å². The molecule has 174 valence electrons. The van der Waals surface area contributed by atoms with E-state index >= 15 is 0 Å². The molecule has 0 fully saturated rings. The van der Waals surface area contributed by atoms with Crippen LogP contribution in [0.1, 0.15) is 50.6 Å². The number of amides is 3. The van der Waals surface area contributed by atoms with Gasteiger partial charge in [0, 0.05) is 29.6 Å². The number of nitrogens with zero attached hydrogens (tertiary/aromatic N) is 2. The van der Waals surface area contributed by atoms with E-state index < -0.39 is 5.54 Å². The van der Waals surface area contributed by atoms with Crippen LogP contribution in [0.5, 0.6) is 5.75 Å². The number of hydrogen-bond acceptors (Lipinski definition) is 4. The maximum absolute atomic E-state index is 13.6. The molecule has 6 nitrogen and oxygen atoms in total.